The molecule has 0 spiro atoms. The third-order valence-corrected chi connectivity index (χ3v) is 0.687. The minimum atomic E-state index is -0.196. The van der Waals surface area contributed by atoms with Crippen molar-refractivity contribution in [2.45, 2.75) is 13.3 Å². The second-order valence-electron chi connectivity index (χ2n) is 1.15. The van der Waals surface area contributed by atoms with Crippen LogP contribution >= 0.6 is 12.6 Å². The summed E-state index contributed by atoms with van der Waals surface area (Å²) in [5, 5.41) is -0.196. The first-order chi connectivity index (χ1) is 3.27. The highest BCUT2D eigenvalue weighted by Gasteiger charge is 1.85. The van der Waals surface area contributed by atoms with Gasteiger partial charge in [0.15, 0.2) is 0 Å². The minimum absolute atomic E-state index is 0.196. The van der Waals surface area contributed by atoms with Crippen molar-refractivity contribution in [1.82, 2.24) is 0 Å². The first-order valence-corrected chi connectivity index (χ1v) is 2.49. The zero-order chi connectivity index (χ0) is 5.70. The zero-order valence-corrected chi connectivity index (χ0v) is 4.99. The van der Waals surface area contributed by atoms with E-state index >= 15 is 0 Å². The summed E-state index contributed by atoms with van der Waals surface area (Å²) in [6, 6.07) is 0. The molecule has 7 heavy (non-hydrogen) atoms. The van der Waals surface area contributed by atoms with E-state index in [1.165, 1.54) is 0 Å². The molecule has 0 rings (SSSR count). The van der Waals surface area contributed by atoms with Crippen LogP contribution in [0.4, 0.5) is 0 Å². The van der Waals surface area contributed by atoms with Gasteiger partial charge in [0.1, 0.15) is 0 Å². The normalized spacial score (nSPS) is 9.86. The predicted molar refractivity (Wildman–Crippen MR) is 32.0 cm³/mol. The molecule has 0 unspecified atom stereocenters. The fourth-order valence-electron chi connectivity index (χ4n) is 0.214. The van der Waals surface area contributed by atoms with Crippen LogP contribution in [0, 0.1) is 0 Å². The van der Waals surface area contributed by atoms with Gasteiger partial charge in [-0.15, -0.1) is 0 Å². The van der Waals surface area contributed by atoms with E-state index in [9.17, 15) is 4.79 Å². The van der Waals surface area contributed by atoms with Crippen molar-refractivity contribution in [2.75, 3.05) is 0 Å². The SMILES string of the molecule is CC=CCC(=O)[S]. The lowest BCUT2D eigenvalue weighted by atomic mass is 10.4. The van der Waals surface area contributed by atoms with E-state index in [1.54, 1.807) is 6.08 Å². The standard InChI is InChI=1S/C5H7OS/c1-2-3-4-5(6)7/h2-3H,4H2,1H3. The Bertz CT molecular complexity index is 86.1. The van der Waals surface area contributed by atoms with Crippen LogP contribution in [-0.4, -0.2) is 5.12 Å². The Hall–Kier alpha value is -0.370. The summed E-state index contributed by atoms with van der Waals surface area (Å²) in [6.07, 6.45) is 3.95. The molecule has 0 aliphatic rings. The summed E-state index contributed by atoms with van der Waals surface area (Å²) in [7, 11) is 0. The smallest absolute Gasteiger partial charge is 0.222 e. The van der Waals surface area contributed by atoms with E-state index in [1.807, 2.05) is 13.0 Å². The molecule has 0 atom stereocenters. The fourth-order valence-corrected chi connectivity index (χ4v) is 0.310. The van der Waals surface area contributed by atoms with Crippen LogP contribution in [0.2, 0.25) is 0 Å². The van der Waals surface area contributed by atoms with Gasteiger partial charge in [-0.05, 0) is 19.6 Å². The highest BCUT2D eigenvalue weighted by molar-refractivity contribution is 7.96. The molecule has 0 aliphatic heterocycles. The third kappa shape index (κ3) is 5.63. The molecule has 0 bridgehead atoms. The van der Waals surface area contributed by atoms with Crippen LogP contribution < -0.4 is 0 Å². The van der Waals surface area contributed by atoms with E-state index in [0.29, 0.717) is 6.42 Å². The van der Waals surface area contributed by atoms with E-state index in [0.717, 1.165) is 0 Å². The Morgan fingerprint density at radius 3 is 2.57 bits per heavy atom. The number of allylic oxidation sites excluding steroid dienone is 2. The molecule has 0 aliphatic carbocycles. The molecule has 0 saturated heterocycles. The van der Waals surface area contributed by atoms with Gasteiger partial charge in [0, 0.05) is 6.42 Å². The van der Waals surface area contributed by atoms with Crippen LogP contribution in [0.1, 0.15) is 13.3 Å². The number of hydrogen-bond acceptors (Lipinski definition) is 1. The summed E-state index contributed by atoms with van der Waals surface area (Å²) >= 11 is 4.25. The Morgan fingerprint density at radius 2 is 2.43 bits per heavy atom. The van der Waals surface area contributed by atoms with Crippen molar-refractivity contribution in [3.8, 4) is 0 Å². The average Bonchev–Trinajstić information content (AvgIpc) is 1.61. The molecule has 0 aromatic rings. The van der Waals surface area contributed by atoms with Gasteiger partial charge < -0.3 is 0 Å². The molecule has 0 heterocycles. The highest BCUT2D eigenvalue weighted by Crippen LogP contribution is 1.87. The van der Waals surface area contributed by atoms with Crippen molar-refractivity contribution in [2.24, 2.45) is 0 Å². The van der Waals surface area contributed by atoms with Crippen LogP contribution in [0.3, 0.4) is 0 Å². The summed E-state index contributed by atoms with van der Waals surface area (Å²) in [6.45, 7) is 1.86. The quantitative estimate of drug-likeness (QED) is 0.500. The lowest BCUT2D eigenvalue weighted by Crippen LogP contribution is -1.78. The summed E-state index contributed by atoms with van der Waals surface area (Å²) in [5.41, 5.74) is 0. The molecule has 0 amide bonds. The molecule has 0 aromatic heterocycles. The van der Waals surface area contributed by atoms with Gasteiger partial charge in [0.05, 0.1) is 0 Å². The number of hydrogen-bond donors (Lipinski definition) is 0. The van der Waals surface area contributed by atoms with Gasteiger partial charge in [-0.1, -0.05) is 12.2 Å². The topological polar surface area (TPSA) is 17.1 Å². The second-order valence-corrected chi connectivity index (χ2v) is 1.60. The number of carbonyl (C=O) groups excluding carboxylic acids is 1. The van der Waals surface area contributed by atoms with Gasteiger partial charge in [0.25, 0.3) is 0 Å². The molecule has 2 heteroatoms. The molecule has 1 nitrogen and oxygen atoms in total. The molecule has 0 aromatic carbocycles. The van der Waals surface area contributed by atoms with E-state index in [4.69, 9.17) is 0 Å². The van der Waals surface area contributed by atoms with E-state index in [2.05, 4.69) is 12.6 Å². The monoisotopic (exact) mass is 115 g/mol. The van der Waals surface area contributed by atoms with E-state index in [-0.39, 0.29) is 5.12 Å². The van der Waals surface area contributed by atoms with Crippen LogP contribution in [0.25, 0.3) is 0 Å². The molecule has 0 saturated carbocycles. The first-order valence-electron chi connectivity index (χ1n) is 2.08. The maximum absolute atomic E-state index is 9.97. The molecule has 1 radical (unpaired) electrons. The summed E-state index contributed by atoms with van der Waals surface area (Å²) in [5.74, 6) is 0. The highest BCUT2D eigenvalue weighted by atomic mass is 32.1. The van der Waals surface area contributed by atoms with Crippen molar-refractivity contribution in [1.29, 1.82) is 0 Å². The van der Waals surface area contributed by atoms with Crippen LogP contribution in [-0.2, 0) is 4.79 Å². The van der Waals surface area contributed by atoms with Gasteiger partial charge in [-0.2, -0.15) is 0 Å². The van der Waals surface area contributed by atoms with Gasteiger partial charge in [0.2, 0.25) is 5.12 Å². The Balaban J connectivity index is 3.14. The predicted octanol–water partition coefficient (Wildman–Crippen LogP) is 1.68. The Morgan fingerprint density at radius 1 is 1.86 bits per heavy atom. The van der Waals surface area contributed by atoms with Gasteiger partial charge in [-0.25, -0.2) is 0 Å². The first kappa shape index (κ1) is 6.63. The molecular formula is C5H7OS. The van der Waals surface area contributed by atoms with Gasteiger partial charge in [-0.3, -0.25) is 4.79 Å². The molecular weight excluding hydrogens is 108 g/mol. The molecule has 0 N–H and O–H groups in total. The zero-order valence-electron chi connectivity index (χ0n) is 4.18. The minimum Gasteiger partial charge on any atom is -0.282 e. The molecule has 39 valence electrons. The van der Waals surface area contributed by atoms with Crippen molar-refractivity contribution < 1.29 is 4.79 Å². The third-order valence-electron chi connectivity index (χ3n) is 0.520. The van der Waals surface area contributed by atoms with Gasteiger partial charge >= 0.3 is 0 Å². The van der Waals surface area contributed by atoms with E-state index < -0.39 is 0 Å². The molecule has 0 fully saturated rings. The maximum atomic E-state index is 9.97. The summed E-state index contributed by atoms with van der Waals surface area (Å²) in [4.78, 5) is 9.97. The second kappa shape index (κ2) is 3.81. The van der Waals surface area contributed by atoms with Crippen molar-refractivity contribution in [3.63, 3.8) is 0 Å². The number of rotatable bonds is 2. The fraction of sp³-hybridized carbons (Fsp3) is 0.400. The lowest BCUT2D eigenvalue weighted by molar-refractivity contribution is -0.110. The Kier molecular flexibility index (Phi) is 3.61. The maximum Gasteiger partial charge on any atom is 0.222 e. The van der Waals surface area contributed by atoms with Crippen LogP contribution in [0.15, 0.2) is 12.2 Å². The largest absolute Gasteiger partial charge is 0.282 e. The summed E-state index contributed by atoms with van der Waals surface area (Å²) < 4.78 is 0. The average molecular weight is 115 g/mol. The number of carbonyl (C=O) groups is 1. The van der Waals surface area contributed by atoms with Crippen molar-refractivity contribution >= 4 is 17.7 Å². The lowest BCUT2D eigenvalue weighted by Gasteiger charge is -1.75. The Labute approximate surface area is 48.8 Å². The van der Waals surface area contributed by atoms with Crippen LogP contribution in [0.5, 0.6) is 0 Å². The van der Waals surface area contributed by atoms with Crippen molar-refractivity contribution in [3.05, 3.63) is 12.2 Å².